The average molecular weight is 387 g/mol. The van der Waals surface area contributed by atoms with Gasteiger partial charge in [0, 0.05) is 31.1 Å². The number of hydrazone groups is 1. The van der Waals surface area contributed by atoms with Crippen LogP contribution in [-0.4, -0.2) is 41.5 Å². The molecule has 0 spiro atoms. The average Bonchev–Trinajstić information content (AvgIpc) is 3.40. The Morgan fingerprint density at radius 2 is 1.97 bits per heavy atom. The molecule has 0 fully saturated rings. The fourth-order valence-electron chi connectivity index (χ4n) is 3.14. The van der Waals surface area contributed by atoms with E-state index in [1.165, 1.54) is 5.01 Å². The first-order chi connectivity index (χ1) is 14.3. The topological polar surface area (TPSA) is 82.9 Å². The zero-order valence-electron chi connectivity index (χ0n) is 16.0. The second kappa shape index (κ2) is 8.52. The highest BCUT2D eigenvalue weighted by Crippen LogP contribution is 2.26. The summed E-state index contributed by atoms with van der Waals surface area (Å²) in [5, 5.41) is 6.08. The second-order valence-corrected chi connectivity index (χ2v) is 6.56. The summed E-state index contributed by atoms with van der Waals surface area (Å²) in [6.07, 6.45) is 5.85. The lowest BCUT2D eigenvalue weighted by molar-refractivity contribution is -0.118. The Balaban J connectivity index is 1.59. The highest BCUT2D eigenvalue weighted by atomic mass is 16.5. The van der Waals surface area contributed by atoms with E-state index in [-0.39, 0.29) is 5.91 Å². The Kier molecular flexibility index (Phi) is 5.47. The number of imidazole rings is 1. The maximum atomic E-state index is 13.1. The monoisotopic (exact) mass is 387 g/mol. The minimum atomic E-state index is -0.537. The molecule has 0 saturated carbocycles. The number of amides is 1. The molecule has 0 bridgehead atoms. The van der Waals surface area contributed by atoms with E-state index in [0.717, 1.165) is 29.1 Å². The molecule has 7 nitrogen and oxygen atoms in total. The van der Waals surface area contributed by atoms with Crippen LogP contribution in [-0.2, 0) is 11.2 Å². The standard InChI is InChI=1S/C22H21N5O2/c1-29-19-9-7-16(8-10-19)21-20(14-23-12-11-17-13-24-15-25-17)22(28)27(26-21)18-5-3-2-4-6-18/h2-10,13-15,20H,11-12H2,1H3,(H,24,25)/t20-/m1/s1. The van der Waals surface area contributed by atoms with Crippen molar-refractivity contribution in [2.75, 3.05) is 18.7 Å². The SMILES string of the molecule is COc1ccc(C2=NN(c3ccccc3)C(=O)[C@@H]2C=NCCc2cnc[nH]2)cc1. The third-order valence-electron chi connectivity index (χ3n) is 4.68. The van der Waals surface area contributed by atoms with Gasteiger partial charge in [-0.1, -0.05) is 18.2 Å². The maximum absolute atomic E-state index is 13.1. The van der Waals surface area contributed by atoms with Crippen molar-refractivity contribution in [3.05, 3.63) is 78.4 Å². The van der Waals surface area contributed by atoms with Gasteiger partial charge in [0.1, 0.15) is 11.7 Å². The molecule has 4 rings (SSSR count). The summed E-state index contributed by atoms with van der Waals surface area (Å²) >= 11 is 0. The van der Waals surface area contributed by atoms with Gasteiger partial charge in [-0.05, 0) is 42.0 Å². The molecule has 0 radical (unpaired) electrons. The number of ether oxygens (including phenoxy) is 1. The molecular weight excluding hydrogens is 366 g/mol. The van der Waals surface area contributed by atoms with Gasteiger partial charge in [-0.2, -0.15) is 10.1 Å². The van der Waals surface area contributed by atoms with Crippen molar-refractivity contribution < 1.29 is 9.53 Å². The molecule has 29 heavy (non-hydrogen) atoms. The summed E-state index contributed by atoms with van der Waals surface area (Å²) in [7, 11) is 1.62. The van der Waals surface area contributed by atoms with E-state index in [4.69, 9.17) is 4.74 Å². The molecule has 3 aromatic rings. The Bertz CT molecular complexity index is 1010. The third-order valence-corrected chi connectivity index (χ3v) is 4.68. The maximum Gasteiger partial charge on any atom is 0.262 e. The van der Waals surface area contributed by atoms with Crippen molar-refractivity contribution >= 4 is 23.5 Å². The van der Waals surface area contributed by atoms with Crippen molar-refractivity contribution in [3.8, 4) is 5.75 Å². The lowest BCUT2D eigenvalue weighted by Gasteiger charge is -2.12. The summed E-state index contributed by atoms with van der Waals surface area (Å²) < 4.78 is 5.23. The number of rotatable bonds is 7. The molecular formula is C22H21N5O2. The Hall–Kier alpha value is -3.74. The summed E-state index contributed by atoms with van der Waals surface area (Å²) in [5.41, 5.74) is 3.28. The Morgan fingerprint density at radius 3 is 2.66 bits per heavy atom. The van der Waals surface area contributed by atoms with Gasteiger partial charge in [0.15, 0.2) is 0 Å². The number of benzene rings is 2. The van der Waals surface area contributed by atoms with Gasteiger partial charge in [0.25, 0.3) is 5.91 Å². The number of methoxy groups -OCH3 is 1. The van der Waals surface area contributed by atoms with Gasteiger partial charge >= 0.3 is 0 Å². The van der Waals surface area contributed by atoms with Crippen LogP contribution in [0.2, 0.25) is 0 Å². The molecule has 1 aliphatic rings. The van der Waals surface area contributed by atoms with Crippen LogP contribution in [0.3, 0.4) is 0 Å². The third kappa shape index (κ3) is 4.08. The van der Waals surface area contributed by atoms with Gasteiger partial charge < -0.3 is 9.72 Å². The summed E-state index contributed by atoms with van der Waals surface area (Å²) in [6.45, 7) is 0.563. The molecule has 0 aliphatic carbocycles. The van der Waals surface area contributed by atoms with Crippen LogP contribution < -0.4 is 9.75 Å². The quantitative estimate of drug-likeness (QED) is 0.633. The van der Waals surface area contributed by atoms with Crippen LogP contribution in [0.4, 0.5) is 5.69 Å². The smallest absolute Gasteiger partial charge is 0.262 e. The van der Waals surface area contributed by atoms with E-state index in [1.807, 2.05) is 54.6 Å². The highest BCUT2D eigenvalue weighted by molar-refractivity contribution is 6.29. The number of aromatic nitrogens is 2. The van der Waals surface area contributed by atoms with Crippen LogP contribution in [0.1, 0.15) is 11.3 Å². The number of para-hydroxylation sites is 1. The van der Waals surface area contributed by atoms with Crippen molar-refractivity contribution in [2.45, 2.75) is 6.42 Å². The second-order valence-electron chi connectivity index (χ2n) is 6.56. The van der Waals surface area contributed by atoms with Crippen LogP contribution in [0, 0.1) is 5.92 Å². The molecule has 2 aromatic carbocycles. The first-order valence-corrected chi connectivity index (χ1v) is 9.35. The molecule has 1 aliphatic heterocycles. The fraction of sp³-hybridized carbons (Fsp3) is 0.182. The highest BCUT2D eigenvalue weighted by Gasteiger charge is 2.36. The molecule has 146 valence electrons. The Labute approximate surface area is 168 Å². The van der Waals surface area contributed by atoms with E-state index < -0.39 is 5.92 Å². The van der Waals surface area contributed by atoms with Crippen LogP contribution in [0.25, 0.3) is 0 Å². The number of nitrogens with one attached hydrogen (secondary N) is 1. The molecule has 2 heterocycles. The number of H-pyrrole nitrogens is 1. The molecule has 1 amide bonds. The van der Waals surface area contributed by atoms with Gasteiger partial charge in [-0.15, -0.1) is 0 Å². The zero-order valence-corrected chi connectivity index (χ0v) is 16.0. The molecule has 7 heteroatoms. The number of carbonyl (C=O) groups excluding carboxylic acids is 1. The predicted octanol–water partition coefficient (Wildman–Crippen LogP) is 3.10. The first-order valence-electron chi connectivity index (χ1n) is 9.35. The number of nitrogens with zero attached hydrogens (tertiary/aromatic N) is 4. The minimum Gasteiger partial charge on any atom is -0.497 e. The number of carbonyl (C=O) groups is 1. The number of hydrogen-bond acceptors (Lipinski definition) is 5. The number of anilines is 1. The van der Waals surface area contributed by atoms with Crippen LogP contribution in [0.15, 0.2) is 77.2 Å². The van der Waals surface area contributed by atoms with Crippen molar-refractivity contribution in [2.24, 2.45) is 16.0 Å². The van der Waals surface area contributed by atoms with Gasteiger partial charge in [-0.3, -0.25) is 9.79 Å². The molecule has 1 N–H and O–H groups in total. The van der Waals surface area contributed by atoms with E-state index >= 15 is 0 Å². The molecule has 1 aromatic heterocycles. The summed E-state index contributed by atoms with van der Waals surface area (Å²) in [5.74, 6) is 0.0982. The fourth-order valence-corrected chi connectivity index (χ4v) is 3.14. The lowest BCUT2D eigenvalue weighted by Crippen LogP contribution is -2.28. The van der Waals surface area contributed by atoms with Crippen molar-refractivity contribution in [1.82, 2.24) is 9.97 Å². The molecule has 0 saturated heterocycles. The number of aromatic amines is 1. The van der Waals surface area contributed by atoms with Gasteiger partial charge in [0.2, 0.25) is 0 Å². The largest absolute Gasteiger partial charge is 0.497 e. The van der Waals surface area contributed by atoms with E-state index in [2.05, 4.69) is 20.1 Å². The lowest BCUT2D eigenvalue weighted by atomic mass is 9.97. The van der Waals surface area contributed by atoms with Gasteiger partial charge in [0.05, 0.1) is 24.8 Å². The van der Waals surface area contributed by atoms with E-state index in [9.17, 15) is 4.79 Å². The predicted molar refractivity (Wildman–Crippen MR) is 113 cm³/mol. The zero-order chi connectivity index (χ0) is 20.1. The number of hydrogen-bond donors (Lipinski definition) is 1. The van der Waals surface area contributed by atoms with Crippen molar-refractivity contribution in [3.63, 3.8) is 0 Å². The van der Waals surface area contributed by atoms with E-state index in [0.29, 0.717) is 12.3 Å². The molecule has 1 atom stereocenters. The first kappa shape index (κ1) is 18.6. The number of aliphatic imine (C=N–C) groups is 1. The molecule has 0 unspecified atom stereocenters. The summed E-state index contributed by atoms with van der Waals surface area (Å²) in [6, 6.07) is 17.0. The summed E-state index contributed by atoms with van der Waals surface area (Å²) in [4.78, 5) is 24.7. The Morgan fingerprint density at radius 1 is 1.17 bits per heavy atom. The van der Waals surface area contributed by atoms with E-state index in [1.54, 1.807) is 25.8 Å². The minimum absolute atomic E-state index is 0.118. The van der Waals surface area contributed by atoms with Crippen molar-refractivity contribution in [1.29, 1.82) is 0 Å². The normalized spacial score (nSPS) is 16.4. The van der Waals surface area contributed by atoms with Crippen LogP contribution in [0.5, 0.6) is 5.75 Å². The van der Waals surface area contributed by atoms with Crippen LogP contribution >= 0.6 is 0 Å². The van der Waals surface area contributed by atoms with Gasteiger partial charge in [-0.25, -0.2) is 4.98 Å².